The van der Waals surface area contributed by atoms with Crippen molar-refractivity contribution < 1.29 is 27.0 Å². The largest absolute Gasteiger partial charge is 0.384 e. The summed E-state index contributed by atoms with van der Waals surface area (Å²) in [5.41, 5.74) is -1.35. The maximum atomic E-state index is 12.5. The molecule has 1 saturated heterocycles. The molecule has 1 fully saturated rings. The number of aliphatic hydroxyl groups is 1. The highest BCUT2D eigenvalue weighted by Crippen LogP contribution is 2.34. The van der Waals surface area contributed by atoms with Gasteiger partial charge in [-0.1, -0.05) is 29.3 Å². The summed E-state index contributed by atoms with van der Waals surface area (Å²) in [6.45, 7) is -0.0855. The molecular weight excluding hydrogens is 389 g/mol. The zero-order valence-electron chi connectivity index (χ0n) is 12.3. The van der Waals surface area contributed by atoms with Crippen molar-refractivity contribution in [3.8, 4) is 0 Å². The van der Waals surface area contributed by atoms with Crippen LogP contribution in [0, 0.1) is 0 Å². The highest BCUT2D eigenvalue weighted by Gasteiger charge is 2.42. The van der Waals surface area contributed by atoms with E-state index in [4.69, 9.17) is 27.9 Å². The average molecular weight is 405 g/mol. The smallest absolute Gasteiger partial charge is 0.350 e. The zero-order valence-corrected chi connectivity index (χ0v) is 14.6. The lowest BCUT2D eigenvalue weighted by molar-refractivity contribution is -0.0909. The Labute approximate surface area is 148 Å². The molecule has 0 aliphatic carbocycles. The van der Waals surface area contributed by atoms with E-state index in [-0.39, 0.29) is 18.2 Å². The van der Waals surface area contributed by atoms with Crippen LogP contribution in [0.15, 0.2) is 18.2 Å². The quantitative estimate of drug-likeness (QED) is 0.692. The van der Waals surface area contributed by atoms with Crippen LogP contribution in [0.2, 0.25) is 10.0 Å². The van der Waals surface area contributed by atoms with Crippen molar-refractivity contribution in [3.63, 3.8) is 0 Å². The van der Waals surface area contributed by atoms with Crippen LogP contribution in [-0.2, 0) is 14.8 Å². The summed E-state index contributed by atoms with van der Waals surface area (Å²) in [5, 5.41) is 14.2. The summed E-state index contributed by atoms with van der Waals surface area (Å²) in [6, 6.07) is 4.55. The molecule has 0 amide bonds. The molecule has 3 N–H and O–H groups in total. The molecule has 1 aromatic rings. The predicted octanol–water partition coefficient (Wildman–Crippen LogP) is 1.53. The first-order valence-corrected chi connectivity index (χ1v) is 9.22. The Morgan fingerprint density at radius 3 is 2.75 bits per heavy atom. The van der Waals surface area contributed by atoms with E-state index in [1.54, 1.807) is 10.8 Å². The van der Waals surface area contributed by atoms with Crippen LogP contribution in [0.4, 0.5) is 8.78 Å². The Hall–Kier alpha value is -0.550. The molecule has 1 heterocycles. The summed E-state index contributed by atoms with van der Waals surface area (Å²) < 4.78 is 54.8. The van der Waals surface area contributed by atoms with Crippen molar-refractivity contribution in [2.45, 2.75) is 17.5 Å². The van der Waals surface area contributed by atoms with Gasteiger partial charge in [0.05, 0.1) is 16.7 Å². The fourth-order valence-electron chi connectivity index (χ4n) is 2.33. The fourth-order valence-corrected chi connectivity index (χ4v) is 3.21. The molecule has 1 aromatic carbocycles. The molecule has 0 aromatic heterocycles. The Morgan fingerprint density at radius 1 is 1.42 bits per heavy atom. The highest BCUT2D eigenvalue weighted by atomic mass is 35.5. The van der Waals surface area contributed by atoms with Crippen molar-refractivity contribution >= 4 is 33.2 Å². The van der Waals surface area contributed by atoms with Gasteiger partial charge in [-0.25, -0.2) is 13.1 Å². The van der Waals surface area contributed by atoms with E-state index in [0.717, 1.165) is 0 Å². The van der Waals surface area contributed by atoms with Crippen LogP contribution in [0.5, 0.6) is 0 Å². The fraction of sp³-hybridized carbons (Fsp3) is 0.538. The van der Waals surface area contributed by atoms with Gasteiger partial charge in [0, 0.05) is 19.6 Å². The second-order valence-corrected chi connectivity index (χ2v) is 7.88. The minimum atomic E-state index is -4.84. The number of sulfonamides is 1. The molecule has 1 unspecified atom stereocenters. The van der Waals surface area contributed by atoms with Crippen molar-refractivity contribution in [3.05, 3.63) is 33.8 Å². The maximum absolute atomic E-state index is 12.5. The molecule has 2 atom stereocenters. The van der Waals surface area contributed by atoms with Crippen molar-refractivity contribution in [1.29, 1.82) is 0 Å². The first-order chi connectivity index (χ1) is 11.2. The monoisotopic (exact) mass is 404 g/mol. The number of benzene rings is 1. The highest BCUT2D eigenvalue weighted by molar-refractivity contribution is 7.89. The molecule has 1 aliphatic rings. The summed E-state index contributed by atoms with van der Waals surface area (Å²) in [4.78, 5) is 0. The van der Waals surface area contributed by atoms with Crippen molar-refractivity contribution in [2.75, 3.05) is 26.2 Å². The van der Waals surface area contributed by atoms with Gasteiger partial charge >= 0.3 is 5.76 Å². The van der Waals surface area contributed by atoms with E-state index in [0.29, 0.717) is 17.1 Å². The van der Waals surface area contributed by atoms with E-state index >= 15 is 0 Å². The van der Waals surface area contributed by atoms with E-state index in [2.05, 4.69) is 5.32 Å². The lowest BCUT2D eigenvalue weighted by Crippen LogP contribution is -2.53. The summed E-state index contributed by atoms with van der Waals surface area (Å²) in [7, 11) is -4.84. The van der Waals surface area contributed by atoms with Crippen LogP contribution >= 0.6 is 23.2 Å². The molecule has 0 bridgehead atoms. The van der Waals surface area contributed by atoms with Crippen molar-refractivity contribution in [1.82, 2.24) is 10.0 Å². The third-order valence-electron chi connectivity index (χ3n) is 3.54. The number of hydrogen-bond donors (Lipinski definition) is 3. The number of halogens is 4. The first kappa shape index (κ1) is 19.8. The molecule has 136 valence electrons. The molecule has 2 rings (SSSR count). The Kier molecular flexibility index (Phi) is 6.40. The second-order valence-electron chi connectivity index (χ2n) is 5.33. The Balaban J connectivity index is 2.29. The van der Waals surface area contributed by atoms with Gasteiger partial charge in [0.25, 0.3) is 10.0 Å². The van der Waals surface area contributed by atoms with Gasteiger partial charge in [-0.2, -0.15) is 8.78 Å². The lowest BCUT2D eigenvalue weighted by atomic mass is 9.91. The van der Waals surface area contributed by atoms with E-state index in [1.807, 2.05) is 0 Å². The van der Waals surface area contributed by atoms with Gasteiger partial charge < -0.3 is 15.2 Å². The molecule has 0 spiro atoms. The second kappa shape index (κ2) is 7.77. The third kappa shape index (κ3) is 4.54. The molecule has 0 radical (unpaired) electrons. The molecule has 24 heavy (non-hydrogen) atoms. The van der Waals surface area contributed by atoms with Crippen LogP contribution in [-0.4, -0.2) is 51.1 Å². The van der Waals surface area contributed by atoms with Crippen molar-refractivity contribution in [2.24, 2.45) is 0 Å². The maximum Gasteiger partial charge on any atom is 0.350 e. The van der Waals surface area contributed by atoms with Gasteiger partial charge in [0.2, 0.25) is 0 Å². The first-order valence-electron chi connectivity index (χ1n) is 6.92. The number of ether oxygens (including phenoxy) is 1. The van der Waals surface area contributed by atoms with E-state index < -0.39 is 34.0 Å². The standard InChI is InChI=1S/C13H16Cl2F2N2O4S/c14-9-2-1-8(5-10(9)15)11-13(20,6-18-3-4-23-11)7-19-24(21,22)12(16)17/h1-2,5,11-12,18-20H,3-4,6-7H2/t11?,13-/m0/s1. The van der Waals surface area contributed by atoms with Crippen LogP contribution in [0.1, 0.15) is 11.7 Å². The zero-order chi connectivity index (χ0) is 18.0. The molecule has 11 heteroatoms. The Morgan fingerprint density at radius 2 is 2.12 bits per heavy atom. The van der Waals surface area contributed by atoms with E-state index in [9.17, 15) is 22.3 Å². The summed E-state index contributed by atoms with van der Waals surface area (Å²) in [6.07, 6.45) is -0.984. The third-order valence-corrected chi connectivity index (χ3v) is 5.30. The molecule has 6 nitrogen and oxygen atoms in total. The van der Waals surface area contributed by atoms with Crippen LogP contribution < -0.4 is 10.0 Å². The van der Waals surface area contributed by atoms with Crippen LogP contribution in [0.25, 0.3) is 0 Å². The number of alkyl halides is 2. The topological polar surface area (TPSA) is 87.7 Å². The Bertz CT molecular complexity index is 693. The average Bonchev–Trinajstić information content (AvgIpc) is 2.70. The number of rotatable bonds is 5. The molecule has 0 saturated carbocycles. The van der Waals surface area contributed by atoms with Gasteiger partial charge in [0.1, 0.15) is 11.7 Å². The normalized spacial score (nSPS) is 25.7. The minimum absolute atomic E-state index is 0.0658. The van der Waals surface area contributed by atoms with Gasteiger partial charge in [-0.05, 0) is 17.7 Å². The van der Waals surface area contributed by atoms with Crippen LogP contribution in [0.3, 0.4) is 0 Å². The summed E-state index contributed by atoms with van der Waals surface area (Å²) in [5.74, 6) is -3.59. The predicted molar refractivity (Wildman–Crippen MR) is 85.9 cm³/mol. The number of hydrogen-bond acceptors (Lipinski definition) is 5. The number of β-amino-alcohol motifs (C(OH)–C–C–N with tert-alkyl or cyclic N) is 1. The molecule has 1 aliphatic heterocycles. The summed E-state index contributed by atoms with van der Waals surface area (Å²) >= 11 is 11.8. The van der Waals surface area contributed by atoms with Gasteiger partial charge in [-0.3, -0.25) is 0 Å². The van der Waals surface area contributed by atoms with Gasteiger partial charge in [-0.15, -0.1) is 0 Å². The minimum Gasteiger partial charge on any atom is -0.384 e. The van der Waals surface area contributed by atoms with E-state index in [1.165, 1.54) is 12.1 Å². The SMILES string of the molecule is O=S(=O)(NC[C@@]1(O)CNCCOC1c1ccc(Cl)c(Cl)c1)C(F)F. The number of nitrogens with one attached hydrogen (secondary N) is 2. The lowest BCUT2D eigenvalue weighted by Gasteiger charge is -2.34. The molecular formula is C13H16Cl2F2N2O4S. The van der Waals surface area contributed by atoms with Gasteiger partial charge in [0.15, 0.2) is 0 Å².